The molecule has 8 heteroatoms. The number of amides is 1. The molecule has 0 fully saturated rings. The van der Waals surface area contributed by atoms with Crippen LogP contribution in [0.3, 0.4) is 0 Å². The van der Waals surface area contributed by atoms with Gasteiger partial charge in [-0.15, -0.1) is 0 Å². The summed E-state index contributed by atoms with van der Waals surface area (Å²) >= 11 is 0. The molecule has 0 saturated carbocycles. The second kappa shape index (κ2) is 8.71. The lowest BCUT2D eigenvalue weighted by atomic mass is 9.98. The molecule has 0 saturated heterocycles. The van der Waals surface area contributed by atoms with Gasteiger partial charge in [-0.3, -0.25) is 0 Å². The fraction of sp³-hybridized carbons (Fsp3) is 0.800. The summed E-state index contributed by atoms with van der Waals surface area (Å²) in [7, 11) is 0. The van der Waals surface area contributed by atoms with Gasteiger partial charge in [0.25, 0.3) is 5.60 Å². The molecule has 0 aliphatic rings. The summed E-state index contributed by atoms with van der Waals surface area (Å²) in [5.74, 6) is -2.88. The third-order valence-electron chi connectivity index (χ3n) is 2.96. The number of hydrogen-bond donors (Lipinski definition) is 3. The van der Waals surface area contributed by atoms with E-state index in [0.717, 1.165) is 0 Å². The number of alkyl carbamates (subject to hydrolysis) is 1. The molecule has 2 atom stereocenters. The Morgan fingerprint density at radius 3 is 2.22 bits per heavy atom. The molecular weight excluding hydrogens is 306 g/mol. The molecule has 1 amide bonds. The number of ether oxygens (including phenoxy) is 2. The number of carboxylic acids is 1. The number of carbonyl (C=O) groups excluding carboxylic acids is 2. The van der Waals surface area contributed by atoms with Crippen molar-refractivity contribution in [3.63, 3.8) is 0 Å². The maximum Gasteiger partial charge on any atom is 0.407 e. The highest BCUT2D eigenvalue weighted by Gasteiger charge is 2.46. The summed E-state index contributed by atoms with van der Waals surface area (Å²) in [5, 5.41) is 21.5. The van der Waals surface area contributed by atoms with E-state index in [1.807, 2.05) is 0 Å². The summed E-state index contributed by atoms with van der Waals surface area (Å²) in [6, 6.07) is 0. The third kappa shape index (κ3) is 7.83. The van der Waals surface area contributed by atoms with Crippen LogP contribution in [0.5, 0.6) is 0 Å². The molecule has 0 aromatic rings. The van der Waals surface area contributed by atoms with Crippen molar-refractivity contribution in [3.05, 3.63) is 0 Å². The number of rotatable bonds is 8. The molecule has 0 aliphatic heterocycles. The van der Waals surface area contributed by atoms with Crippen LogP contribution in [0.15, 0.2) is 0 Å². The summed E-state index contributed by atoms with van der Waals surface area (Å²) < 4.78 is 9.90. The van der Waals surface area contributed by atoms with Gasteiger partial charge in [-0.05, 0) is 47.0 Å². The van der Waals surface area contributed by atoms with Gasteiger partial charge in [0.15, 0.2) is 0 Å². The van der Waals surface area contributed by atoms with Gasteiger partial charge >= 0.3 is 18.0 Å². The summed E-state index contributed by atoms with van der Waals surface area (Å²) in [6.07, 6.45) is -0.959. The van der Waals surface area contributed by atoms with Crippen LogP contribution in [-0.2, 0) is 19.1 Å². The number of nitrogens with one attached hydrogen (secondary N) is 1. The average Bonchev–Trinajstić information content (AvgIpc) is 2.40. The Kier molecular flexibility index (Phi) is 8.02. The summed E-state index contributed by atoms with van der Waals surface area (Å²) in [5.41, 5.74) is -3.27. The van der Waals surface area contributed by atoms with Crippen molar-refractivity contribution in [2.75, 3.05) is 6.54 Å². The minimum Gasteiger partial charge on any atom is -0.479 e. The van der Waals surface area contributed by atoms with Crippen molar-refractivity contribution >= 4 is 18.0 Å². The van der Waals surface area contributed by atoms with Gasteiger partial charge in [-0.1, -0.05) is 6.92 Å². The van der Waals surface area contributed by atoms with Crippen LogP contribution in [0.25, 0.3) is 0 Å². The molecule has 0 aliphatic carbocycles. The molecule has 134 valence electrons. The molecule has 0 aromatic carbocycles. The number of carbonyl (C=O) groups is 3. The molecule has 0 heterocycles. The highest BCUT2D eigenvalue weighted by atomic mass is 16.6. The average molecular weight is 333 g/mol. The summed E-state index contributed by atoms with van der Waals surface area (Å²) in [6.45, 7) is 8.55. The first-order valence-corrected chi connectivity index (χ1v) is 7.56. The number of aliphatic hydroxyl groups is 1. The molecule has 0 aromatic heterocycles. The van der Waals surface area contributed by atoms with Crippen LogP contribution in [0.1, 0.15) is 53.9 Å². The van der Waals surface area contributed by atoms with Gasteiger partial charge in [-0.25, -0.2) is 14.4 Å². The van der Waals surface area contributed by atoms with Crippen molar-refractivity contribution in [3.8, 4) is 0 Å². The highest BCUT2D eigenvalue weighted by Crippen LogP contribution is 2.17. The second-order valence-corrected chi connectivity index (χ2v) is 6.32. The van der Waals surface area contributed by atoms with Crippen molar-refractivity contribution < 1.29 is 34.1 Å². The van der Waals surface area contributed by atoms with E-state index in [1.165, 1.54) is 0 Å². The largest absolute Gasteiger partial charge is 0.479 e. The Bertz CT molecular complexity index is 430. The monoisotopic (exact) mass is 333 g/mol. The van der Waals surface area contributed by atoms with E-state index in [-0.39, 0.29) is 19.4 Å². The zero-order valence-electron chi connectivity index (χ0n) is 14.3. The van der Waals surface area contributed by atoms with Crippen LogP contribution < -0.4 is 5.32 Å². The number of aliphatic carboxylic acids is 1. The van der Waals surface area contributed by atoms with E-state index in [0.29, 0.717) is 6.42 Å². The zero-order chi connectivity index (χ0) is 18.3. The van der Waals surface area contributed by atoms with Crippen molar-refractivity contribution in [2.24, 2.45) is 0 Å². The van der Waals surface area contributed by atoms with Crippen molar-refractivity contribution in [1.29, 1.82) is 0 Å². The molecule has 3 N–H and O–H groups in total. The lowest BCUT2D eigenvalue weighted by Crippen LogP contribution is -2.49. The second-order valence-electron chi connectivity index (χ2n) is 6.32. The summed E-state index contributed by atoms with van der Waals surface area (Å²) in [4.78, 5) is 34.4. The molecule has 0 spiro atoms. The molecule has 23 heavy (non-hydrogen) atoms. The fourth-order valence-electron chi connectivity index (χ4n) is 1.51. The van der Waals surface area contributed by atoms with Crippen LogP contribution in [-0.4, -0.2) is 52.1 Å². The molecule has 0 radical (unpaired) electrons. The van der Waals surface area contributed by atoms with E-state index < -0.39 is 35.3 Å². The molecule has 0 bridgehead atoms. The topological polar surface area (TPSA) is 122 Å². The van der Waals surface area contributed by atoms with Crippen LogP contribution >= 0.6 is 0 Å². The standard InChI is InChI=1S/C15H27NO7/c1-6-10(2)22-12(19)15(21,11(17)18)8-7-9-16-13(20)23-14(3,4)5/h10,21H,6-9H2,1-5H3,(H,16,20)(H,17,18). The highest BCUT2D eigenvalue weighted by molar-refractivity contribution is 6.02. The number of carboxylic acid groups (broad SMARTS) is 1. The van der Waals surface area contributed by atoms with E-state index >= 15 is 0 Å². The quantitative estimate of drug-likeness (QED) is 0.349. The SMILES string of the molecule is CCC(C)OC(=O)C(O)(CCCNC(=O)OC(C)(C)C)C(=O)O. The van der Waals surface area contributed by atoms with Crippen molar-refractivity contribution in [1.82, 2.24) is 5.32 Å². The molecule has 8 nitrogen and oxygen atoms in total. The van der Waals surface area contributed by atoms with Gasteiger partial charge in [0.05, 0.1) is 6.10 Å². The first kappa shape index (κ1) is 21.2. The van der Waals surface area contributed by atoms with Crippen LogP contribution in [0.2, 0.25) is 0 Å². The number of esters is 1. The fourth-order valence-corrected chi connectivity index (χ4v) is 1.51. The molecule has 2 unspecified atom stereocenters. The molecule has 0 rings (SSSR count). The Morgan fingerprint density at radius 1 is 1.22 bits per heavy atom. The Labute approximate surface area is 136 Å². The number of hydrogen-bond acceptors (Lipinski definition) is 6. The van der Waals surface area contributed by atoms with Crippen LogP contribution in [0.4, 0.5) is 4.79 Å². The van der Waals surface area contributed by atoms with Gasteiger partial charge in [0.2, 0.25) is 0 Å². The van der Waals surface area contributed by atoms with Gasteiger partial charge < -0.3 is 25.0 Å². The third-order valence-corrected chi connectivity index (χ3v) is 2.96. The van der Waals surface area contributed by atoms with Gasteiger partial charge in [0.1, 0.15) is 5.60 Å². The normalized spacial score (nSPS) is 15.2. The van der Waals surface area contributed by atoms with Gasteiger partial charge in [0, 0.05) is 6.54 Å². The van der Waals surface area contributed by atoms with Gasteiger partial charge in [-0.2, -0.15) is 0 Å². The maximum atomic E-state index is 11.8. The first-order chi connectivity index (χ1) is 10.4. The van der Waals surface area contributed by atoms with Crippen LogP contribution in [0, 0.1) is 0 Å². The minimum atomic E-state index is -2.63. The minimum absolute atomic E-state index is 0.0567. The molecular formula is C15H27NO7. The van der Waals surface area contributed by atoms with E-state index in [4.69, 9.17) is 14.6 Å². The maximum absolute atomic E-state index is 11.8. The predicted octanol–water partition coefficient (Wildman–Crippen LogP) is 1.45. The van der Waals surface area contributed by atoms with E-state index in [1.54, 1.807) is 34.6 Å². The Morgan fingerprint density at radius 2 is 1.78 bits per heavy atom. The zero-order valence-corrected chi connectivity index (χ0v) is 14.3. The predicted molar refractivity (Wildman–Crippen MR) is 81.9 cm³/mol. The van der Waals surface area contributed by atoms with E-state index in [2.05, 4.69) is 5.32 Å². The smallest absolute Gasteiger partial charge is 0.407 e. The first-order valence-electron chi connectivity index (χ1n) is 7.56. The Balaban J connectivity index is 4.47. The van der Waals surface area contributed by atoms with Crippen molar-refractivity contribution in [2.45, 2.75) is 71.2 Å². The lowest BCUT2D eigenvalue weighted by molar-refractivity contribution is -0.184. The Hall–Kier alpha value is -1.83. The van der Waals surface area contributed by atoms with E-state index in [9.17, 15) is 19.5 Å². The lowest BCUT2D eigenvalue weighted by Gasteiger charge is -2.24.